The predicted octanol–water partition coefficient (Wildman–Crippen LogP) is 6.12. The van der Waals surface area contributed by atoms with E-state index in [1.807, 2.05) is 66.7 Å². The molecule has 0 N–H and O–H groups in total. The zero-order valence-electron chi connectivity index (χ0n) is 17.9. The lowest BCUT2D eigenvalue weighted by Crippen LogP contribution is -2.20. The second-order valence-electron chi connectivity index (χ2n) is 7.53. The summed E-state index contributed by atoms with van der Waals surface area (Å²) < 4.78 is 10.6. The van der Waals surface area contributed by atoms with Crippen molar-refractivity contribution >= 4 is 45.1 Å². The number of carbonyl (C=O) groups excluding carboxylic acids is 2. The Morgan fingerprint density at radius 1 is 0.848 bits per heavy atom. The molecule has 0 fully saturated rings. The number of halogens is 1. The summed E-state index contributed by atoms with van der Waals surface area (Å²) >= 11 is 5.89. The Kier molecular flexibility index (Phi) is 6.58. The summed E-state index contributed by atoms with van der Waals surface area (Å²) in [4.78, 5) is 25.9. The number of alkyl halides is 1. The van der Waals surface area contributed by atoms with Gasteiger partial charge in [0.2, 0.25) is 0 Å². The molecule has 4 aromatic rings. The fourth-order valence-electron chi connectivity index (χ4n) is 3.82. The van der Waals surface area contributed by atoms with Gasteiger partial charge in [-0.2, -0.15) is 5.26 Å². The molecule has 4 aromatic carbocycles. The average Bonchev–Trinajstić information content (AvgIpc) is 2.86. The molecule has 0 aliphatic carbocycles. The van der Waals surface area contributed by atoms with E-state index in [4.69, 9.17) is 26.3 Å². The number of methoxy groups -OCH3 is 1. The fourth-order valence-corrected chi connectivity index (χ4v) is 3.99. The minimum atomic E-state index is -0.736. The van der Waals surface area contributed by atoms with E-state index < -0.39 is 18.0 Å². The molecule has 0 amide bonds. The molecule has 0 aliphatic rings. The lowest BCUT2D eigenvalue weighted by atomic mass is 9.90. The van der Waals surface area contributed by atoms with Crippen molar-refractivity contribution < 1.29 is 19.1 Å². The van der Waals surface area contributed by atoms with E-state index in [0.29, 0.717) is 16.7 Å². The Hall–Kier alpha value is -3.88. The number of hydrogen-bond acceptors (Lipinski definition) is 5. The maximum Gasteiger partial charge on any atom is 0.339 e. The summed E-state index contributed by atoms with van der Waals surface area (Å²) in [6, 6.07) is 24.5. The molecule has 33 heavy (non-hydrogen) atoms. The maximum atomic E-state index is 13.2. The van der Waals surface area contributed by atoms with Gasteiger partial charge in [-0.25, -0.2) is 9.59 Å². The van der Waals surface area contributed by atoms with Gasteiger partial charge in [0.25, 0.3) is 0 Å². The van der Waals surface area contributed by atoms with Crippen LogP contribution in [-0.4, -0.2) is 31.0 Å². The lowest BCUT2D eigenvalue weighted by molar-refractivity contribution is 0.0358. The van der Waals surface area contributed by atoms with Crippen molar-refractivity contribution in [2.24, 2.45) is 0 Å². The van der Waals surface area contributed by atoms with E-state index in [2.05, 4.69) is 0 Å². The maximum absolute atomic E-state index is 13.2. The number of nitrogens with zero attached hydrogens (tertiary/aromatic N) is 1. The summed E-state index contributed by atoms with van der Waals surface area (Å²) in [5.74, 6) is -1.11. The van der Waals surface area contributed by atoms with E-state index in [9.17, 15) is 9.59 Å². The van der Waals surface area contributed by atoms with E-state index in [1.54, 1.807) is 12.1 Å². The molecule has 6 heteroatoms. The molecule has 0 saturated carbocycles. The van der Waals surface area contributed by atoms with Crippen LogP contribution in [0.1, 0.15) is 27.1 Å². The average molecular weight is 458 g/mol. The van der Waals surface area contributed by atoms with Gasteiger partial charge in [0.1, 0.15) is 6.10 Å². The van der Waals surface area contributed by atoms with Crippen LogP contribution in [0.5, 0.6) is 0 Å². The first-order valence-corrected chi connectivity index (χ1v) is 10.9. The smallest absolute Gasteiger partial charge is 0.339 e. The minimum Gasteiger partial charge on any atom is -0.465 e. The van der Waals surface area contributed by atoms with Gasteiger partial charge in [-0.05, 0) is 56.9 Å². The highest BCUT2D eigenvalue weighted by atomic mass is 35.5. The standard InChI is InChI=1S/C27H20ClNO4/c1-32-26(30)24-14-19-8-4-2-6-17(19)12-22(24)23-13-18-7-3-5-9-20(18)15-25(23)27(31)33-21(16-28)10-11-29/h2-9,12-15,21H,10,16H2,1H3/t21-/m1/s1. The Morgan fingerprint density at radius 3 is 1.73 bits per heavy atom. The molecule has 5 nitrogen and oxygen atoms in total. The first-order valence-electron chi connectivity index (χ1n) is 10.3. The summed E-state index contributed by atoms with van der Waals surface area (Å²) in [6.07, 6.45) is -0.748. The lowest BCUT2D eigenvalue weighted by Gasteiger charge is -2.17. The van der Waals surface area contributed by atoms with Gasteiger partial charge in [-0.15, -0.1) is 11.6 Å². The Balaban J connectivity index is 1.97. The molecule has 0 saturated heterocycles. The molecule has 0 aromatic heterocycles. The van der Waals surface area contributed by atoms with Gasteiger partial charge in [-0.3, -0.25) is 0 Å². The number of benzene rings is 4. The third-order valence-corrected chi connectivity index (χ3v) is 5.80. The fraction of sp³-hybridized carbons (Fsp3) is 0.148. The van der Waals surface area contributed by atoms with Crippen LogP contribution in [-0.2, 0) is 9.47 Å². The second-order valence-corrected chi connectivity index (χ2v) is 7.83. The van der Waals surface area contributed by atoms with Gasteiger partial charge in [0.15, 0.2) is 0 Å². The van der Waals surface area contributed by atoms with E-state index >= 15 is 0 Å². The predicted molar refractivity (Wildman–Crippen MR) is 128 cm³/mol. The highest BCUT2D eigenvalue weighted by molar-refractivity contribution is 6.18. The van der Waals surface area contributed by atoms with Crippen LogP contribution < -0.4 is 0 Å². The third-order valence-electron chi connectivity index (χ3n) is 5.45. The number of carbonyl (C=O) groups is 2. The van der Waals surface area contributed by atoms with Gasteiger partial charge in [0.05, 0.1) is 36.6 Å². The van der Waals surface area contributed by atoms with Crippen molar-refractivity contribution in [2.45, 2.75) is 12.5 Å². The molecule has 0 aliphatic heterocycles. The van der Waals surface area contributed by atoms with E-state index in [0.717, 1.165) is 21.5 Å². The zero-order chi connectivity index (χ0) is 23.4. The molecule has 0 spiro atoms. The molecule has 164 valence electrons. The van der Waals surface area contributed by atoms with Crippen molar-refractivity contribution in [3.8, 4) is 17.2 Å². The van der Waals surface area contributed by atoms with Crippen molar-refractivity contribution in [3.05, 3.63) is 83.9 Å². The first-order chi connectivity index (χ1) is 16.0. The highest BCUT2D eigenvalue weighted by Gasteiger charge is 2.23. The van der Waals surface area contributed by atoms with Gasteiger partial charge >= 0.3 is 11.9 Å². The number of rotatable bonds is 6. The number of nitriles is 1. The Labute approximate surface area is 196 Å². The molecule has 4 rings (SSSR count). The van der Waals surface area contributed by atoms with Crippen LogP contribution in [0.3, 0.4) is 0 Å². The molecule has 0 heterocycles. The van der Waals surface area contributed by atoms with E-state index in [1.165, 1.54) is 7.11 Å². The van der Waals surface area contributed by atoms with Gasteiger partial charge < -0.3 is 9.47 Å². The monoisotopic (exact) mass is 457 g/mol. The van der Waals surface area contributed by atoms with Crippen LogP contribution in [0.15, 0.2) is 72.8 Å². The van der Waals surface area contributed by atoms with Crippen LogP contribution in [0.2, 0.25) is 0 Å². The molecule has 0 bridgehead atoms. The van der Waals surface area contributed by atoms with Gasteiger partial charge in [0, 0.05) is 0 Å². The van der Waals surface area contributed by atoms with Gasteiger partial charge in [-0.1, -0.05) is 48.5 Å². The second kappa shape index (κ2) is 9.72. The summed E-state index contributed by atoms with van der Waals surface area (Å²) in [7, 11) is 1.32. The SMILES string of the molecule is COC(=O)c1cc2ccccc2cc1-c1cc2ccccc2cc1C(=O)O[C@@H](CCl)CC#N. The quantitative estimate of drug-likeness (QED) is 0.257. The zero-order valence-corrected chi connectivity index (χ0v) is 18.6. The molecular weight excluding hydrogens is 438 g/mol. The third kappa shape index (κ3) is 4.52. The molecule has 0 radical (unpaired) electrons. The number of fused-ring (bicyclic) bond motifs is 2. The van der Waals surface area contributed by atoms with Crippen LogP contribution in [0, 0.1) is 11.3 Å². The van der Waals surface area contributed by atoms with Crippen molar-refractivity contribution in [2.75, 3.05) is 13.0 Å². The number of ether oxygens (including phenoxy) is 2. The molecule has 1 atom stereocenters. The minimum absolute atomic E-state index is 0.00556. The largest absolute Gasteiger partial charge is 0.465 e. The van der Waals surface area contributed by atoms with Crippen molar-refractivity contribution in [1.29, 1.82) is 5.26 Å². The van der Waals surface area contributed by atoms with Crippen LogP contribution in [0.4, 0.5) is 0 Å². The highest BCUT2D eigenvalue weighted by Crippen LogP contribution is 2.35. The van der Waals surface area contributed by atoms with Crippen LogP contribution in [0.25, 0.3) is 32.7 Å². The molecule has 0 unspecified atom stereocenters. The van der Waals surface area contributed by atoms with E-state index in [-0.39, 0.29) is 17.9 Å². The Bertz CT molecular complexity index is 1410. The first kappa shape index (κ1) is 22.3. The van der Waals surface area contributed by atoms with Crippen molar-refractivity contribution in [3.63, 3.8) is 0 Å². The van der Waals surface area contributed by atoms with Crippen molar-refractivity contribution in [1.82, 2.24) is 0 Å². The summed E-state index contributed by atoms with van der Waals surface area (Å²) in [5, 5.41) is 12.5. The summed E-state index contributed by atoms with van der Waals surface area (Å²) in [5.41, 5.74) is 1.71. The summed E-state index contributed by atoms with van der Waals surface area (Å²) in [6.45, 7) is 0. The number of hydrogen-bond donors (Lipinski definition) is 0. The molecular formula is C27H20ClNO4. The number of esters is 2. The van der Waals surface area contributed by atoms with Crippen LogP contribution >= 0.6 is 11.6 Å². The topological polar surface area (TPSA) is 76.4 Å². The Morgan fingerprint density at radius 2 is 1.30 bits per heavy atom. The normalized spacial score (nSPS) is 11.7.